The third-order valence-corrected chi connectivity index (χ3v) is 5.66. The van der Waals surface area contributed by atoms with Crippen LogP contribution in [0.3, 0.4) is 0 Å². The standard InChI is InChI=1S/C20H23ClN4O2/c1-14(16-3-2-15-6-11-27-18(15)12-16)24-7-9-25(10-8-24)19-5-4-17(13-22-19)20(26)23-21/h2-5,12-14H,6-11H2,1H3,(H,23,26). The number of carbonyl (C=O) groups is 1. The number of nitrogens with zero attached hydrogens (tertiary/aromatic N) is 3. The van der Waals surface area contributed by atoms with Crippen LogP contribution < -0.4 is 14.5 Å². The molecule has 0 radical (unpaired) electrons. The second-order valence-corrected chi connectivity index (χ2v) is 7.18. The number of halogens is 1. The van der Waals surface area contributed by atoms with E-state index in [1.54, 1.807) is 12.3 Å². The molecule has 0 bridgehead atoms. The number of benzene rings is 1. The number of carbonyl (C=O) groups excluding carboxylic acids is 1. The van der Waals surface area contributed by atoms with Crippen LogP contribution in [0.5, 0.6) is 5.75 Å². The Kier molecular flexibility index (Phi) is 5.18. The average Bonchev–Trinajstić information content (AvgIpc) is 3.21. The van der Waals surface area contributed by atoms with Gasteiger partial charge in [0.1, 0.15) is 11.6 Å². The van der Waals surface area contributed by atoms with Gasteiger partial charge in [-0.1, -0.05) is 12.1 Å². The normalized spacial score (nSPS) is 17.9. The van der Waals surface area contributed by atoms with Crippen molar-refractivity contribution in [2.45, 2.75) is 19.4 Å². The third kappa shape index (κ3) is 3.73. The number of amides is 1. The number of piperazine rings is 1. The Morgan fingerprint density at radius 2 is 2.04 bits per heavy atom. The van der Waals surface area contributed by atoms with Crippen LogP contribution in [0.2, 0.25) is 0 Å². The van der Waals surface area contributed by atoms with Gasteiger partial charge in [0.2, 0.25) is 0 Å². The predicted molar refractivity (Wildman–Crippen MR) is 105 cm³/mol. The van der Waals surface area contributed by atoms with E-state index in [1.807, 2.05) is 6.07 Å². The molecule has 7 heteroatoms. The van der Waals surface area contributed by atoms with E-state index in [9.17, 15) is 4.79 Å². The van der Waals surface area contributed by atoms with Gasteiger partial charge in [-0.2, -0.15) is 0 Å². The Balaban J connectivity index is 1.37. The molecular weight excluding hydrogens is 364 g/mol. The maximum absolute atomic E-state index is 11.5. The summed E-state index contributed by atoms with van der Waals surface area (Å²) in [6.45, 7) is 6.78. The lowest BCUT2D eigenvalue weighted by Crippen LogP contribution is -2.47. The lowest BCUT2D eigenvalue weighted by Gasteiger charge is -2.38. The van der Waals surface area contributed by atoms with Gasteiger partial charge in [-0.15, -0.1) is 0 Å². The van der Waals surface area contributed by atoms with Crippen molar-refractivity contribution < 1.29 is 9.53 Å². The first-order chi connectivity index (χ1) is 13.2. The SMILES string of the molecule is CC(c1ccc2c(c1)OCC2)N1CCN(c2ccc(C(=O)NCl)cn2)CC1. The van der Waals surface area contributed by atoms with Crippen LogP contribution in [0.15, 0.2) is 36.5 Å². The molecule has 3 heterocycles. The molecule has 1 atom stereocenters. The van der Waals surface area contributed by atoms with Crippen LogP contribution in [-0.4, -0.2) is 48.6 Å². The minimum Gasteiger partial charge on any atom is -0.493 e. The zero-order valence-electron chi connectivity index (χ0n) is 15.3. The summed E-state index contributed by atoms with van der Waals surface area (Å²) in [6, 6.07) is 10.6. The lowest BCUT2D eigenvalue weighted by molar-refractivity contribution is 0.0981. The average molecular weight is 387 g/mol. The molecule has 0 spiro atoms. The Bertz CT molecular complexity index is 819. The van der Waals surface area contributed by atoms with Gasteiger partial charge in [-0.05, 0) is 36.2 Å². The van der Waals surface area contributed by atoms with Gasteiger partial charge in [-0.25, -0.2) is 4.98 Å². The quantitative estimate of drug-likeness (QED) is 0.819. The number of ether oxygens (including phenoxy) is 1. The van der Waals surface area contributed by atoms with Crippen molar-refractivity contribution >= 4 is 23.5 Å². The van der Waals surface area contributed by atoms with Crippen LogP contribution in [0.25, 0.3) is 0 Å². The summed E-state index contributed by atoms with van der Waals surface area (Å²) in [7, 11) is 0. The fraction of sp³-hybridized carbons (Fsp3) is 0.400. The molecule has 2 aliphatic rings. The molecule has 27 heavy (non-hydrogen) atoms. The summed E-state index contributed by atoms with van der Waals surface area (Å²) in [6.07, 6.45) is 2.58. The van der Waals surface area contributed by atoms with E-state index >= 15 is 0 Å². The largest absolute Gasteiger partial charge is 0.493 e. The molecular formula is C20H23ClN4O2. The van der Waals surface area contributed by atoms with Crippen molar-refractivity contribution in [1.29, 1.82) is 0 Å². The summed E-state index contributed by atoms with van der Waals surface area (Å²) in [4.78, 5) is 22.8. The second kappa shape index (κ2) is 7.74. The summed E-state index contributed by atoms with van der Waals surface area (Å²) >= 11 is 5.35. The predicted octanol–water partition coefficient (Wildman–Crippen LogP) is 2.78. The minimum atomic E-state index is -0.340. The Morgan fingerprint density at radius 3 is 2.74 bits per heavy atom. The third-order valence-electron chi connectivity index (χ3n) is 5.48. The highest BCUT2D eigenvalue weighted by Crippen LogP contribution is 2.31. The molecule has 1 fully saturated rings. The molecule has 2 aromatic rings. The number of anilines is 1. The monoisotopic (exact) mass is 386 g/mol. The van der Waals surface area contributed by atoms with Crippen LogP contribution in [0.4, 0.5) is 5.82 Å². The summed E-state index contributed by atoms with van der Waals surface area (Å²) in [5, 5.41) is 0. The van der Waals surface area contributed by atoms with Crippen LogP contribution in [0.1, 0.15) is 34.5 Å². The summed E-state index contributed by atoms with van der Waals surface area (Å²) in [5.74, 6) is 1.59. The van der Waals surface area contributed by atoms with Crippen molar-refractivity contribution in [2.24, 2.45) is 0 Å². The highest BCUT2D eigenvalue weighted by atomic mass is 35.5. The van der Waals surface area contributed by atoms with E-state index in [0.717, 1.165) is 50.8 Å². The Labute approximate surface area is 164 Å². The smallest absolute Gasteiger partial charge is 0.267 e. The minimum absolute atomic E-state index is 0.340. The van der Waals surface area contributed by atoms with Crippen molar-refractivity contribution in [3.05, 3.63) is 53.2 Å². The topological polar surface area (TPSA) is 57.7 Å². The molecule has 6 nitrogen and oxygen atoms in total. The van der Waals surface area contributed by atoms with E-state index < -0.39 is 0 Å². The number of hydrogen-bond acceptors (Lipinski definition) is 5. The molecule has 0 aliphatic carbocycles. The number of nitrogens with one attached hydrogen (secondary N) is 1. The van der Waals surface area contributed by atoms with E-state index in [4.69, 9.17) is 16.5 Å². The zero-order chi connectivity index (χ0) is 18.8. The summed E-state index contributed by atoms with van der Waals surface area (Å²) < 4.78 is 5.71. The van der Waals surface area contributed by atoms with Gasteiger partial charge in [-0.3, -0.25) is 14.5 Å². The number of rotatable bonds is 4. The lowest BCUT2D eigenvalue weighted by atomic mass is 10.0. The molecule has 1 unspecified atom stereocenters. The van der Waals surface area contributed by atoms with Crippen molar-refractivity contribution in [1.82, 2.24) is 14.7 Å². The van der Waals surface area contributed by atoms with E-state index in [1.165, 1.54) is 11.1 Å². The number of fused-ring (bicyclic) bond motifs is 1. The number of aromatic nitrogens is 1. The fourth-order valence-electron chi connectivity index (χ4n) is 3.75. The van der Waals surface area contributed by atoms with Gasteiger partial charge in [0.15, 0.2) is 0 Å². The van der Waals surface area contributed by atoms with E-state index in [2.05, 4.69) is 44.7 Å². The highest BCUT2D eigenvalue weighted by Gasteiger charge is 2.24. The Hall–Kier alpha value is -2.31. The molecule has 1 saturated heterocycles. The van der Waals surface area contributed by atoms with Crippen LogP contribution in [-0.2, 0) is 6.42 Å². The zero-order valence-corrected chi connectivity index (χ0v) is 16.1. The maximum atomic E-state index is 11.5. The molecule has 2 aliphatic heterocycles. The maximum Gasteiger partial charge on any atom is 0.267 e. The second-order valence-electron chi connectivity index (χ2n) is 6.99. The molecule has 142 valence electrons. The van der Waals surface area contributed by atoms with E-state index in [0.29, 0.717) is 11.6 Å². The molecule has 1 amide bonds. The van der Waals surface area contributed by atoms with Crippen LogP contribution >= 0.6 is 11.8 Å². The Morgan fingerprint density at radius 1 is 1.22 bits per heavy atom. The van der Waals surface area contributed by atoms with Crippen molar-refractivity contribution in [3.63, 3.8) is 0 Å². The van der Waals surface area contributed by atoms with Gasteiger partial charge in [0, 0.05) is 56.6 Å². The van der Waals surface area contributed by atoms with Gasteiger partial charge in [0.25, 0.3) is 5.91 Å². The van der Waals surface area contributed by atoms with Crippen LogP contribution in [0, 0.1) is 0 Å². The van der Waals surface area contributed by atoms with Crippen molar-refractivity contribution in [3.8, 4) is 5.75 Å². The molecule has 1 N–H and O–H groups in total. The first-order valence-corrected chi connectivity index (χ1v) is 9.65. The van der Waals surface area contributed by atoms with E-state index in [-0.39, 0.29) is 5.91 Å². The molecule has 1 aromatic carbocycles. The molecule has 1 aromatic heterocycles. The van der Waals surface area contributed by atoms with Crippen molar-refractivity contribution in [2.75, 3.05) is 37.7 Å². The van der Waals surface area contributed by atoms with Gasteiger partial charge < -0.3 is 9.64 Å². The number of hydrogen-bond donors (Lipinski definition) is 1. The summed E-state index contributed by atoms with van der Waals surface area (Å²) in [5.41, 5.74) is 3.08. The molecule has 4 rings (SSSR count). The van der Waals surface area contributed by atoms with Gasteiger partial charge in [0.05, 0.1) is 12.2 Å². The first-order valence-electron chi connectivity index (χ1n) is 9.27. The first kappa shape index (κ1) is 18.1. The highest BCUT2D eigenvalue weighted by molar-refractivity contribution is 6.24. The number of pyridine rings is 1. The fourth-order valence-corrected chi connectivity index (χ4v) is 3.86. The molecule has 0 saturated carbocycles. The van der Waals surface area contributed by atoms with Gasteiger partial charge >= 0.3 is 0 Å².